The van der Waals surface area contributed by atoms with Crippen molar-refractivity contribution >= 4 is 10.4 Å². The lowest BCUT2D eigenvalue weighted by Crippen LogP contribution is -2.12. The highest BCUT2D eigenvalue weighted by Crippen LogP contribution is 2.01. The zero-order valence-corrected chi connectivity index (χ0v) is 6.31. The van der Waals surface area contributed by atoms with E-state index in [1.165, 1.54) is 6.92 Å². The summed E-state index contributed by atoms with van der Waals surface area (Å²) in [6, 6.07) is 0. The van der Waals surface area contributed by atoms with Crippen molar-refractivity contribution in [2.75, 3.05) is 6.61 Å². The summed E-state index contributed by atoms with van der Waals surface area (Å²) in [4.78, 5) is 3.01. The van der Waals surface area contributed by atoms with Crippen LogP contribution in [0.1, 0.15) is 6.92 Å². The van der Waals surface area contributed by atoms with Gasteiger partial charge in [-0.05, 0) is 6.92 Å². The van der Waals surface area contributed by atoms with Gasteiger partial charge >= 0.3 is 17.0 Å². The summed E-state index contributed by atoms with van der Waals surface area (Å²) >= 11 is 0. The zero-order valence-electron chi connectivity index (χ0n) is 5.49. The van der Waals surface area contributed by atoms with Crippen LogP contribution in [0.4, 0.5) is 8.78 Å². The normalized spacial score (nSPS) is 12.4. The van der Waals surface area contributed by atoms with Crippen molar-refractivity contribution < 1.29 is 30.6 Å². The minimum absolute atomic E-state index is 0.213. The van der Waals surface area contributed by atoms with Crippen LogP contribution >= 0.6 is 0 Å². The molecule has 0 aromatic rings. The van der Waals surface area contributed by atoms with Crippen LogP contribution in [0.5, 0.6) is 0 Å². The fraction of sp³-hybridized carbons (Fsp3) is 1.00. The van der Waals surface area contributed by atoms with E-state index < -0.39 is 17.0 Å². The van der Waals surface area contributed by atoms with Crippen LogP contribution in [-0.2, 0) is 23.8 Å². The van der Waals surface area contributed by atoms with Crippen molar-refractivity contribution in [3.8, 4) is 0 Å². The first kappa shape index (κ1) is 10.7. The summed E-state index contributed by atoms with van der Waals surface area (Å²) < 4.78 is 49.8. The van der Waals surface area contributed by atoms with Crippen molar-refractivity contribution in [1.82, 2.24) is 0 Å². The first-order valence-corrected chi connectivity index (χ1v) is 3.83. The van der Waals surface area contributed by atoms with Crippen molar-refractivity contribution in [1.29, 1.82) is 0 Å². The van der Waals surface area contributed by atoms with Crippen LogP contribution < -0.4 is 0 Å². The molecule has 0 fully saturated rings. The van der Waals surface area contributed by atoms with Crippen LogP contribution in [0.15, 0.2) is 0 Å². The Labute approximate surface area is 62.1 Å². The number of rotatable bonds is 5. The van der Waals surface area contributed by atoms with E-state index in [0.717, 1.165) is 0 Å². The lowest BCUT2D eigenvalue weighted by atomic mass is 10.9. The summed E-state index contributed by atoms with van der Waals surface area (Å²) in [6.45, 7) is -2.18. The van der Waals surface area contributed by atoms with Gasteiger partial charge in [-0.1, -0.05) is 4.33 Å². The molecule has 0 amide bonds. The molecule has 11 heavy (non-hydrogen) atoms. The number of alkyl halides is 2. The molecule has 0 spiro atoms. The second-order valence-corrected chi connectivity index (χ2v) is 2.43. The first-order chi connectivity index (χ1) is 4.98. The van der Waals surface area contributed by atoms with Gasteiger partial charge in [-0.2, -0.15) is 17.2 Å². The summed E-state index contributed by atoms with van der Waals surface area (Å²) in [5, 5.41) is 0. The van der Waals surface area contributed by atoms with Gasteiger partial charge in [0.2, 0.25) is 0 Å². The molecular weight excluding hydrogens is 186 g/mol. The van der Waals surface area contributed by atoms with Crippen molar-refractivity contribution in [3.05, 3.63) is 0 Å². The molecule has 0 radical (unpaired) electrons. The molecule has 5 nitrogen and oxygen atoms in total. The van der Waals surface area contributed by atoms with E-state index in [2.05, 4.69) is 13.4 Å². The van der Waals surface area contributed by atoms with Gasteiger partial charge in [0.05, 0.1) is 6.61 Å². The predicted molar refractivity (Wildman–Crippen MR) is 28.7 cm³/mol. The lowest BCUT2D eigenvalue weighted by Gasteiger charge is -2.01. The van der Waals surface area contributed by atoms with E-state index >= 15 is 0 Å². The van der Waals surface area contributed by atoms with Crippen LogP contribution in [0, 0.1) is 0 Å². The van der Waals surface area contributed by atoms with Gasteiger partial charge in [0.25, 0.3) is 0 Å². The Hall–Kier alpha value is -0.310. The molecule has 0 atom stereocenters. The topological polar surface area (TPSA) is 61.8 Å². The Morgan fingerprint density at radius 1 is 1.45 bits per heavy atom. The maximum absolute atomic E-state index is 11.1. The molecule has 8 heteroatoms. The molecule has 0 heterocycles. The fourth-order valence-electron chi connectivity index (χ4n) is 0.242. The average Bonchev–Trinajstić information content (AvgIpc) is 1.84. The largest absolute Gasteiger partial charge is 0.426 e. The summed E-state index contributed by atoms with van der Waals surface area (Å²) in [5.74, 6) is 0. The van der Waals surface area contributed by atoms with Gasteiger partial charge in [0.1, 0.15) is 0 Å². The lowest BCUT2D eigenvalue weighted by molar-refractivity contribution is -0.324. The van der Waals surface area contributed by atoms with Crippen molar-refractivity contribution in [2.45, 2.75) is 13.5 Å². The van der Waals surface area contributed by atoms with Gasteiger partial charge in [-0.25, -0.2) is 4.18 Å². The second-order valence-electron chi connectivity index (χ2n) is 1.24. The molecule has 0 aromatic carbocycles. The molecule has 0 N–H and O–H groups in total. The highest BCUT2D eigenvalue weighted by molar-refractivity contribution is 7.81. The Bertz CT molecular complexity index is 188. The van der Waals surface area contributed by atoms with Crippen LogP contribution in [-0.4, -0.2) is 21.6 Å². The predicted octanol–water partition coefficient (Wildman–Crippen LogP) is 0.439. The van der Waals surface area contributed by atoms with E-state index in [9.17, 15) is 17.2 Å². The Morgan fingerprint density at radius 2 is 2.00 bits per heavy atom. The third kappa shape index (κ3) is 6.10. The Balaban J connectivity index is 3.74. The molecule has 0 bridgehead atoms. The monoisotopic (exact) mass is 192 g/mol. The summed E-state index contributed by atoms with van der Waals surface area (Å²) in [5.41, 5.74) is 0. The minimum Gasteiger partial charge on any atom is -0.247 e. The number of hydrogen-bond donors (Lipinski definition) is 0. The molecule has 0 aliphatic carbocycles. The molecule has 68 valence electrons. The van der Waals surface area contributed by atoms with Gasteiger partial charge in [0.15, 0.2) is 0 Å². The molecule has 0 saturated carbocycles. The van der Waals surface area contributed by atoms with E-state index in [0.29, 0.717) is 0 Å². The van der Waals surface area contributed by atoms with Crippen LogP contribution in [0.2, 0.25) is 0 Å². The fourth-order valence-corrected chi connectivity index (χ4v) is 0.725. The van der Waals surface area contributed by atoms with Gasteiger partial charge in [0, 0.05) is 0 Å². The standard InChI is InChI=1S/C3H6F2O5S/c1-2-8-11(6,7)10-9-3(4)5/h3H,2H2,1H3. The van der Waals surface area contributed by atoms with E-state index in [-0.39, 0.29) is 6.61 Å². The number of halogens is 2. The second kappa shape index (κ2) is 4.54. The Morgan fingerprint density at radius 3 is 2.36 bits per heavy atom. The van der Waals surface area contributed by atoms with E-state index in [1.54, 1.807) is 0 Å². The highest BCUT2D eigenvalue weighted by Gasteiger charge is 2.15. The molecule has 0 unspecified atom stereocenters. The molecule has 0 rings (SSSR count). The molecule has 0 saturated heterocycles. The van der Waals surface area contributed by atoms with Crippen molar-refractivity contribution in [3.63, 3.8) is 0 Å². The van der Waals surface area contributed by atoms with Crippen molar-refractivity contribution in [2.24, 2.45) is 0 Å². The number of hydrogen-bond acceptors (Lipinski definition) is 5. The third-order valence-electron chi connectivity index (χ3n) is 0.458. The molecule has 0 aliphatic heterocycles. The summed E-state index contributed by atoms with van der Waals surface area (Å²) in [6.07, 6.45) is 0. The SMILES string of the molecule is CCOS(=O)(=O)OOC(F)F. The summed E-state index contributed by atoms with van der Waals surface area (Å²) in [7, 11) is -4.43. The highest BCUT2D eigenvalue weighted by atomic mass is 32.3. The average molecular weight is 192 g/mol. The van der Waals surface area contributed by atoms with E-state index in [1.807, 2.05) is 0 Å². The van der Waals surface area contributed by atoms with Crippen LogP contribution in [0.3, 0.4) is 0 Å². The Kier molecular flexibility index (Phi) is 4.42. The van der Waals surface area contributed by atoms with Gasteiger partial charge in [-0.3, -0.25) is 0 Å². The molecule has 0 aromatic heterocycles. The molecular formula is C3H6F2O5S. The maximum Gasteiger partial charge on any atom is 0.426 e. The minimum atomic E-state index is -4.43. The third-order valence-corrected chi connectivity index (χ3v) is 1.23. The van der Waals surface area contributed by atoms with Gasteiger partial charge < -0.3 is 0 Å². The van der Waals surface area contributed by atoms with Gasteiger partial charge in [-0.15, -0.1) is 4.89 Å². The quantitative estimate of drug-likeness (QED) is 0.467. The first-order valence-electron chi connectivity index (χ1n) is 2.50. The van der Waals surface area contributed by atoms with E-state index in [4.69, 9.17) is 0 Å². The maximum atomic E-state index is 11.1. The van der Waals surface area contributed by atoms with Crippen LogP contribution in [0.25, 0.3) is 0 Å². The molecule has 0 aliphatic rings. The smallest absolute Gasteiger partial charge is 0.247 e. The zero-order chi connectivity index (χ0) is 8.91.